The van der Waals surface area contributed by atoms with Gasteiger partial charge in [-0.15, -0.1) is 0 Å². The number of benzene rings is 1. The first-order valence-electron chi connectivity index (χ1n) is 13.9. The SMILES string of the molecule is CCc1ccc(C(=O)N(C[C@@H]2CNC[C@H]2CN(C(=O)c2ccon2)C2CC2)C(C)C)cc1OCCCOC. The fraction of sp³-hybridized carbons (Fsp3) is 0.621. The summed E-state index contributed by atoms with van der Waals surface area (Å²) in [6.07, 6.45) is 5.11. The Morgan fingerprint density at radius 1 is 1.11 bits per heavy atom. The number of aromatic nitrogens is 1. The summed E-state index contributed by atoms with van der Waals surface area (Å²) in [5, 5.41) is 7.37. The van der Waals surface area contributed by atoms with Crippen molar-refractivity contribution in [3.63, 3.8) is 0 Å². The van der Waals surface area contributed by atoms with E-state index in [0.29, 0.717) is 37.6 Å². The number of rotatable bonds is 14. The van der Waals surface area contributed by atoms with Crippen molar-refractivity contribution in [2.75, 3.05) is 46.5 Å². The zero-order chi connectivity index (χ0) is 27.1. The molecule has 1 saturated heterocycles. The molecule has 0 radical (unpaired) electrons. The highest BCUT2D eigenvalue weighted by molar-refractivity contribution is 5.95. The predicted octanol–water partition coefficient (Wildman–Crippen LogP) is 3.64. The highest BCUT2D eigenvalue weighted by Gasteiger charge is 2.39. The maximum Gasteiger partial charge on any atom is 0.276 e. The fourth-order valence-corrected chi connectivity index (χ4v) is 5.17. The van der Waals surface area contributed by atoms with E-state index in [0.717, 1.165) is 50.1 Å². The van der Waals surface area contributed by atoms with Crippen LogP contribution in [0.4, 0.5) is 0 Å². The first-order chi connectivity index (χ1) is 18.4. The van der Waals surface area contributed by atoms with Crippen LogP contribution in [0.3, 0.4) is 0 Å². The Labute approximate surface area is 225 Å². The number of carbonyl (C=O) groups excluding carboxylic acids is 2. The molecule has 1 aromatic heterocycles. The van der Waals surface area contributed by atoms with Crippen LogP contribution in [0.1, 0.15) is 66.4 Å². The number of nitrogens with zero attached hydrogens (tertiary/aromatic N) is 3. The molecule has 1 N–H and O–H groups in total. The lowest BCUT2D eigenvalue weighted by molar-refractivity contribution is 0.0609. The van der Waals surface area contributed by atoms with Crippen molar-refractivity contribution < 1.29 is 23.6 Å². The van der Waals surface area contributed by atoms with E-state index in [1.165, 1.54) is 6.26 Å². The van der Waals surface area contributed by atoms with Gasteiger partial charge in [0, 0.05) is 70.0 Å². The van der Waals surface area contributed by atoms with Crippen LogP contribution in [-0.2, 0) is 11.2 Å². The molecule has 2 aliphatic rings. The first kappa shape index (κ1) is 28.1. The molecule has 38 heavy (non-hydrogen) atoms. The summed E-state index contributed by atoms with van der Waals surface area (Å²) in [5.41, 5.74) is 2.09. The van der Waals surface area contributed by atoms with Crippen LogP contribution in [-0.4, -0.2) is 85.4 Å². The topological polar surface area (TPSA) is 97.1 Å². The van der Waals surface area contributed by atoms with E-state index in [-0.39, 0.29) is 35.7 Å². The van der Waals surface area contributed by atoms with E-state index in [4.69, 9.17) is 14.0 Å². The Hall–Kier alpha value is -2.91. The largest absolute Gasteiger partial charge is 0.493 e. The molecule has 9 nitrogen and oxygen atoms in total. The Morgan fingerprint density at radius 3 is 2.50 bits per heavy atom. The highest BCUT2D eigenvalue weighted by Crippen LogP contribution is 2.31. The van der Waals surface area contributed by atoms with E-state index in [2.05, 4.69) is 31.2 Å². The number of nitrogens with one attached hydrogen (secondary N) is 1. The van der Waals surface area contributed by atoms with Gasteiger partial charge in [-0.2, -0.15) is 0 Å². The van der Waals surface area contributed by atoms with Gasteiger partial charge in [-0.05, 0) is 62.6 Å². The predicted molar refractivity (Wildman–Crippen MR) is 144 cm³/mol. The molecular formula is C29H42N4O5. The van der Waals surface area contributed by atoms with Crippen molar-refractivity contribution in [3.8, 4) is 5.75 Å². The van der Waals surface area contributed by atoms with Crippen LogP contribution in [0.25, 0.3) is 0 Å². The van der Waals surface area contributed by atoms with E-state index < -0.39 is 0 Å². The Morgan fingerprint density at radius 2 is 1.87 bits per heavy atom. The number of hydrogen-bond acceptors (Lipinski definition) is 7. The number of hydrogen-bond donors (Lipinski definition) is 1. The van der Waals surface area contributed by atoms with Crippen LogP contribution in [0.5, 0.6) is 5.75 Å². The summed E-state index contributed by atoms with van der Waals surface area (Å²) in [6.45, 7) is 10.3. The summed E-state index contributed by atoms with van der Waals surface area (Å²) in [7, 11) is 1.68. The number of methoxy groups -OCH3 is 1. The third-order valence-corrected chi connectivity index (χ3v) is 7.58. The molecule has 0 spiro atoms. The van der Waals surface area contributed by atoms with Gasteiger partial charge in [-0.1, -0.05) is 18.1 Å². The van der Waals surface area contributed by atoms with Crippen LogP contribution < -0.4 is 10.1 Å². The monoisotopic (exact) mass is 526 g/mol. The molecule has 2 fully saturated rings. The van der Waals surface area contributed by atoms with Crippen LogP contribution in [0.15, 0.2) is 35.1 Å². The molecule has 2 atom stereocenters. The quantitative estimate of drug-likeness (QED) is 0.375. The van der Waals surface area contributed by atoms with Crippen molar-refractivity contribution >= 4 is 11.8 Å². The minimum atomic E-state index is -0.0715. The van der Waals surface area contributed by atoms with Gasteiger partial charge in [0.1, 0.15) is 12.0 Å². The summed E-state index contributed by atoms with van der Waals surface area (Å²) >= 11 is 0. The maximum absolute atomic E-state index is 13.8. The lowest BCUT2D eigenvalue weighted by atomic mass is 9.93. The van der Waals surface area contributed by atoms with Crippen molar-refractivity contribution in [2.45, 2.75) is 58.5 Å². The third-order valence-electron chi connectivity index (χ3n) is 7.58. The molecule has 0 unspecified atom stereocenters. The van der Waals surface area contributed by atoms with Crippen molar-refractivity contribution in [3.05, 3.63) is 47.3 Å². The van der Waals surface area contributed by atoms with E-state index in [1.807, 2.05) is 28.0 Å². The molecular weight excluding hydrogens is 484 g/mol. The maximum atomic E-state index is 13.8. The van der Waals surface area contributed by atoms with E-state index in [9.17, 15) is 9.59 Å². The zero-order valence-corrected chi connectivity index (χ0v) is 23.2. The molecule has 2 amide bonds. The van der Waals surface area contributed by atoms with Gasteiger partial charge in [-0.25, -0.2) is 0 Å². The smallest absolute Gasteiger partial charge is 0.276 e. The number of amides is 2. The normalized spacial score (nSPS) is 19.1. The van der Waals surface area contributed by atoms with Crippen LogP contribution in [0, 0.1) is 11.8 Å². The lowest BCUT2D eigenvalue weighted by Gasteiger charge is -2.33. The molecule has 4 rings (SSSR count). The zero-order valence-electron chi connectivity index (χ0n) is 23.2. The average Bonchev–Trinajstić information content (AvgIpc) is 3.41. The van der Waals surface area contributed by atoms with Gasteiger partial charge in [0.2, 0.25) is 0 Å². The molecule has 9 heteroatoms. The second-order valence-electron chi connectivity index (χ2n) is 10.7. The van der Waals surface area contributed by atoms with Crippen molar-refractivity contribution in [1.29, 1.82) is 0 Å². The minimum Gasteiger partial charge on any atom is -0.493 e. The summed E-state index contributed by atoms with van der Waals surface area (Å²) in [4.78, 5) is 30.8. The highest BCUT2D eigenvalue weighted by atomic mass is 16.5. The van der Waals surface area contributed by atoms with Gasteiger partial charge in [0.05, 0.1) is 6.61 Å². The summed E-state index contributed by atoms with van der Waals surface area (Å²) in [6, 6.07) is 7.73. The minimum absolute atomic E-state index is 0.00719. The second kappa shape index (κ2) is 13.2. The van der Waals surface area contributed by atoms with Gasteiger partial charge >= 0.3 is 0 Å². The molecule has 208 valence electrons. The first-order valence-corrected chi connectivity index (χ1v) is 13.9. The Kier molecular flexibility index (Phi) is 9.80. The van der Waals surface area contributed by atoms with Gasteiger partial charge in [0.25, 0.3) is 11.8 Å². The Bertz CT molecular complexity index is 1050. The average molecular weight is 527 g/mol. The van der Waals surface area contributed by atoms with Crippen molar-refractivity contribution in [2.24, 2.45) is 11.8 Å². The van der Waals surface area contributed by atoms with Gasteiger partial charge in [0.15, 0.2) is 5.69 Å². The van der Waals surface area contributed by atoms with Gasteiger partial charge in [-0.3, -0.25) is 9.59 Å². The second-order valence-corrected chi connectivity index (χ2v) is 10.7. The fourth-order valence-electron chi connectivity index (χ4n) is 5.17. The standard InChI is InChI=1S/C29H42N4O5/c1-5-21-7-8-22(15-27(21)37-13-6-12-36-4)28(34)32(20(2)3)18-23-16-30-17-24(23)19-33(25-9-10-25)29(35)26-11-14-38-31-26/h7-8,11,14-15,20,23-25,30H,5-6,9-10,12-13,16-19H2,1-4H3/t23-,24-/m0/s1. The number of carbonyl (C=O) groups is 2. The van der Waals surface area contributed by atoms with Crippen molar-refractivity contribution in [1.82, 2.24) is 20.3 Å². The third kappa shape index (κ3) is 6.94. The molecule has 2 heterocycles. The molecule has 1 saturated carbocycles. The molecule has 0 bridgehead atoms. The Balaban J connectivity index is 1.45. The van der Waals surface area contributed by atoms with E-state index >= 15 is 0 Å². The van der Waals surface area contributed by atoms with Crippen LogP contribution >= 0.6 is 0 Å². The molecule has 1 aliphatic heterocycles. The molecule has 2 aromatic rings. The summed E-state index contributed by atoms with van der Waals surface area (Å²) in [5.74, 6) is 1.20. The summed E-state index contributed by atoms with van der Waals surface area (Å²) < 4.78 is 16.1. The number of aryl methyl sites for hydroxylation is 1. The molecule has 1 aliphatic carbocycles. The van der Waals surface area contributed by atoms with E-state index in [1.54, 1.807) is 13.2 Å². The van der Waals surface area contributed by atoms with Crippen LogP contribution in [0.2, 0.25) is 0 Å². The number of ether oxygens (including phenoxy) is 2. The van der Waals surface area contributed by atoms with Gasteiger partial charge < -0.3 is 29.1 Å². The molecule has 1 aromatic carbocycles. The lowest BCUT2D eigenvalue weighted by Crippen LogP contribution is -2.45.